The molecule has 0 saturated carbocycles. The highest BCUT2D eigenvalue weighted by molar-refractivity contribution is 6.16. The van der Waals surface area contributed by atoms with Crippen LogP contribution in [-0.4, -0.2) is 11.5 Å². The molecule has 7 aromatic rings. The Labute approximate surface area is 410 Å². The summed E-state index contributed by atoms with van der Waals surface area (Å²) in [4.78, 5) is 10.8. The van der Waals surface area contributed by atoms with Gasteiger partial charge in [-0.05, 0) is 125 Å². The van der Waals surface area contributed by atoms with Crippen LogP contribution in [0.25, 0.3) is 39.1 Å². The summed E-state index contributed by atoms with van der Waals surface area (Å²) in [6.07, 6.45) is 20.8. The van der Waals surface area contributed by atoms with E-state index in [1.807, 2.05) is 0 Å². The number of rotatable bonds is 6. The van der Waals surface area contributed by atoms with E-state index < -0.39 is 0 Å². The standard InChI is InChI=1S/C68H50N2/c1-2-43-42-64(44-19-5-3-6-20-44)69-67(45-21-7-4-8-22-45)70-66(43)49-24-17-23-48(39-49)50-30-18-31-57-51-25-9-10-26-52(51)59-40-46(36-38-58(59)65(50)57)47-35-37-56-55-29-13-16-34-62(55)68(63(56)41-47)60-32-14-11-27-53(60)54-28-12-15-33-61(54)68/h3-34,36,38-41,58,65H,2,35,37,42H2,1H3. The maximum absolute atomic E-state index is 5.48. The van der Waals surface area contributed by atoms with Crippen LogP contribution in [0.5, 0.6) is 0 Å². The van der Waals surface area contributed by atoms with Gasteiger partial charge in [0.05, 0.1) is 16.8 Å². The molecule has 0 radical (unpaired) electrons. The Hall–Kier alpha value is -8.20. The largest absolute Gasteiger partial charge is 0.232 e. The number of benzene rings is 7. The molecule has 0 bridgehead atoms. The van der Waals surface area contributed by atoms with Crippen LogP contribution in [0, 0.1) is 11.8 Å². The van der Waals surface area contributed by atoms with Crippen molar-refractivity contribution in [2.24, 2.45) is 21.8 Å². The van der Waals surface area contributed by atoms with Crippen LogP contribution in [0.2, 0.25) is 0 Å². The smallest absolute Gasteiger partial charge is 0.160 e. The minimum absolute atomic E-state index is 0.151. The van der Waals surface area contributed by atoms with Gasteiger partial charge in [0.1, 0.15) is 0 Å². The normalized spacial score (nSPS) is 19.9. The van der Waals surface area contributed by atoms with Gasteiger partial charge in [-0.1, -0.05) is 225 Å². The zero-order valence-electron chi connectivity index (χ0n) is 39.2. The molecule has 7 aliphatic rings. The predicted molar refractivity (Wildman–Crippen MR) is 290 cm³/mol. The summed E-state index contributed by atoms with van der Waals surface area (Å²) in [5.74, 6) is 1.08. The molecule has 0 amide bonds. The molecule has 1 aliphatic heterocycles. The minimum Gasteiger partial charge on any atom is -0.232 e. The molecule has 2 unspecified atom stereocenters. The third kappa shape index (κ3) is 6.12. The van der Waals surface area contributed by atoms with E-state index in [2.05, 4.69) is 231 Å². The molecule has 6 aliphatic carbocycles. The summed E-state index contributed by atoms with van der Waals surface area (Å²) < 4.78 is 0. The molecule has 1 heterocycles. The molecule has 0 aromatic heterocycles. The Bertz CT molecular complexity index is 3780. The topological polar surface area (TPSA) is 24.7 Å². The fourth-order valence-corrected chi connectivity index (χ4v) is 13.1. The maximum Gasteiger partial charge on any atom is 0.160 e. The average molecular weight is 895 g/mol. The van der Waals surface area contributed by atoms with Gasteiger partial charge >= 0.3 is 0 Å². The number of hydrogen-bond acceptors (Lipinski definition) is 2. The van der Waals surface area contributed by atoms with Crippen LogP contribution < -0.4 is 10.4 Å². The molecule has 2 heteroatoms. The second-order valence-corrected chi connectivity index (χ2v) is 19.6. The van der Waals surface area contributed by atoms with E-state index in [9.17, 15) is 0 Å². The van der Waals surface area contributed by atoms with Gasteiger partial charge in [-0.15, -0.1) is 0 Å². The van der Waals surface area contributed by atoms with Gasteiger partial charge in [0, 0.05) is 29.4 Å². The highest BCUT2D eigenvalue weighted by Gasteiger charge is 2.52. The van der Waals surface area contributed by atoms with Crippen LogP contribution in [0.15, 0.2) is 257 Å². The lowest BCUT2D eigenvalue weighted by Crippen LogP contribution is -2.40. The second kappa shape index (κ2) is 16.2. The zero-order chi connectivity index (χ0) is 46.3. The third-order valence-corrected chi connectivity index (χ3v) is 16.2. The lowest BCUT2D eigenvalue weighted by molar-refractivity contribution is 0.708. The summed E-state index contributed by atoms with van der Waals surface area (Å²) in [5.41, 5.74) is 25.7. The Morgan fingerprint density at radius 1 is 0.543 bits per heavy atom. The lowest BCUT2D eigenvalue weighted by atomic mass is 9.66. The summed E-state index contributed by atoms with van der Waals surface area (Å²) >= 11 is 0. The Morgan fingerprint density at radius 2 is 1.16 bits per heavy atom. The van der Waals surface area contributed by atoms with Crippen molar-refractivity contribution in [1.29, 1.82) is 0 Å². The molecular weight excluding hydrogens is 845 g/mol. The van der Waals surface area contributed by atoms with Gasteiger partial charge in [0.2, 0.25) is 0 Å². The molecule has 2 nitrogen and oxygen atoms in total. The molecule has 0 fully saturated rings. The van der Waals surface area contributed by atoms with Crippen molar-refractivity contribution in [2.75, 3.05) is 0 Å². The van der Waals surface area contributed by atoms with E-state index >= 15 is 0 Å². The number of amidine groups is 1. The number of allylic oxidation sites excluding steroid dienone is 13. The van der Waals surface area contributed by atoms with E-state index in [1.165, 1.54) is 94.0 Å². The number of aliphatic imine (C=N–C) groups is 2. The van der Waals surface area contributed by atoms with Crippen molar-refractivity contribution in [1.82, 2.24) is 0 Å². The molecule has 332 valence electrons. The van der Waals surface area contributed by atoms with Gasteiger partial charge in [0.15, 0.2) is 5.84 Å². The highest BCUT2D eigenvalue weighted by atomic mass is 14.9. The third-order valence-electron chi connectivity index (χ3n) is 16.2. The Morgan fingerprint density at radius 3 is 1.89 bits per heavy atom. The van der Waals surface area contributed by atoms with Gasteiger partial charge < -0.3 is 0 Å². The summed E-state index contributed by atoms with van der Waals surface area (Å²) in [6, 6.07) is 66.9. The van der Waals surface area contributed by atoms with Crippen LogP contribution in [0.3, 0.4) is 0 Å². The van der Waals surface area contributed by atoms with Gasteiger partial charge in [-0.2, -0.15) is 0 Å². The van der Waals surface area contributed by atoms with E-state index in [0.29, 0.717) is 0 Å². The number of nitrogens with zero attached hydrogens (tertiary/aromatic N) is 2. The summed E-state index contributed by atoms with van der Waals surface area (Å²) in [5, 5.41) is 2.67. The average Bonchev–Trinajstić information content (AvgIpc) is 3.81. The SMILES string of the molecule is CCC1=C(c2cccc(C3=CC=CC4=c5ccccc5=C5C=C(C6=CC7=C(CC6)c6ccccc6C76c7ccccc7-c7ccccc76)C=CC5C34)c2)N=C(c2ccccc2)N=C(c2ccccc2)C1. The van der Waals surface area contributed by atoms with Crippen molar-refractivity contribution >= 4 is 39.5 Å². The van der Waals surface area contributed by atoms with Gasteiger partial charge in [-0.25, -0.2) is 9.98 Å². The number of fused-ring (bicyclic) bond motifs is 13. The van der Waals surface area contributed by atoms with Crippen LogP contribution in [0.4, 0.5) is 0 Å². The minimum atomic E-state index is -0.334. The molecule has 7 aromatic carbocycles. The lowest BCUT2D eigenvalue weighted by Gasteiger charge is -2.37. The fraction of sp³-hybridized carbons (Fsp3) is 0.118. The Kier molecular flexibility index (Phi) is 9.46. The van der Waals surface area contributed by atoms with Crippen molar-refractivity contribution in [2.45, 2.75) is 38.0 Å². The summed E-state index contributed by atoms with van der Waals surface area (Å²) in [7, 11) is 0. The Balaban J connectivity index is 0.868. The second-order valence-electron chi connectivity index (χ2n) is 19.6. The quantitative estimate of drug-likeness (QED) is 0.159. The molecule has 0 N–H and O–H groups in total. The zero-order valence-corrected chi connectivity index (χ0v) is 39.2. The molecular formula is C68H50N2. The van der Waals surface area contributed by atoms with Crippen LogP contribution in [-0.2, 0) is 5.41 Å². The van der Waals surface area contributed by atoms with Crippen molar-refractivity contribution in [3.8, 4) is 11.1 Å². The molecule has 2 atom stereocenters. The van der Waals surface area contributed by atoms with E-state index in [-0.39, 0.29) is 17.3 Å². The van der Waals surface area contributed by atoms with E-state index in [4.69, 9.17) is 9.98 Å². The first kappa shape index (κ1) is 40.8. The van der Waals surface area contributed by atoms with Crippen LogP contribution >= 0.6 is 0 Å². The first-order chi connectivity index (χ1) is 34.7. The highest BCUT2D eigenvalue weighted by Crippen LogP contribution is 2.64. The van der Waals surface area contributed by atoms with Gasteiger partial charge in [-0.3, -0.25) is 0 Å². The van der Waals surface area contributed by atoms with E-state index in [1.54, 1.807) is 0 Å². The summed E-state index contributed by atoms with van der Waals surface area (Å²) in [6.45, 7) is 2.26. The molecule has 0 saturated heterocycles. The fourth-order valence-electron chi connectivity index (χ4n) is 13.1. The van der Waals surface area contributed by atoms with Crippen molar-refractivity contribution < 1.29 is 0 Å². The first-order valence-corrected chi connectivity index (χ1v) is 25.1. The number of hydrogen-bond donors (Lipinski definition) is 0. The van der Waals surface area contributed by atoms with Crippen LogP contribution in [0.1, 0.15) is 77.1 Å². The predicted octanol–water partition coefficient (Wildman–Crippen LogP) is 14.3. The molecule has 1 spiro atoms. The van der Waals surface area contributed by atoms with Crippen molar-refractivity contribution in [3.05, 3.63) is 302 Å². The molecule has 14 rings (SSSR count). The monoisotopic (exact) mass is 894 g/mol. The first-order valence-electron chi connectivity index (χ1n) is 25.1. The van der Waals surface area contributed by atoms with Gasteiger partial charge in [0.25, 0.3) is 0 Å². The van der Waals surface area contributed by atoms with E-state index in [0.717, 1.165) is 59.6 Å². The molecule has 70 heavy (non-hydrogen) atoms. The maximum atomic E-state index is 5.48. The van der Waals surface area contributed by atoms with Crippen molar-refractivity contribution in [3.63, 3.8) is 0 Å².